The van der Waals surface area contributed by atoms with Crippen LogP contribution in [0.5, 0.6) is 0 Å². The third kappa shape index (κ3) is 5.15. The van der Waals surface area contributed by atoms with Crippen molar-refractivity contribution in [3.63, 3.8) is 0 Å². The first-order valence-electron chi connectivity index (χ1n) is 8.13. The standard InChI is InChI=1S/C19H15ClN4O3S/c20-11-16(25)22-14-5-1-12(2-6-14)17(26)23-15-7-3-13(4-8-15)18(27)24-19-21-9-10-28-19/h1-10H,11H2,(H,22,25)(H,23,26)(H,21,24,27). The number of nitrogens with zero attached hydrogens (tertiary/aromatic N) is 1. The van der Waals surface area contributed by atoms with Gasteiger partial charge in [-0.3, -0.25) is 19.7 Å². The Kier molecular flexibility index (Phi) is 6.36. The van der Waals surface area contributed by atoms with Gasteiger partial charge in [0.05, 0.1) is 0 Å². The Balaban J connectivity index is 1.59. The third-order valence-corrected chi connectivity index (χ3v) is 4.54. The van der Waals surface area contributed by atoms with Crippen molar-refractivity contribution in [1.82, 2.24) is 4.98 Å². The van der Waals surface area contributed by atoms with Crippen molar-refractivity contribution in [2.75, 3.05) is 21.8 Å². The van der Waals surface area contributed by atoms with Crippen LogP contribution in [0.15, 0.2) is 60.1 Å². The van der Waals surface area contributed by atoms with Crippen LogP contribution in [0.1, 0.15) is 20.7 Å². The van der Waals surface area contributed by atoms with E-state index in [2.05, 4.69) is 20.9 Å². The maximum Gasteiger partial charge on any atom is 0.257 e. The first kappa shape index (κ1) is 19.5. The maximum absolute atomic E-state index is 12.3. The summed E-state index contributed by atoms with van der Waals surface area (Å²) >= 11 is 6.77. The van der Waals surface area contributed by atoms with Gasteiger partial charge in [0, 0.05) is 34.1 Å². The molecule has 0 aliphatic carbocycles. The number of nitrogens with one attached hydrogen (secondary N) is 3. The first-order chi connectivity index (χ1) is 13.5. The Bertz CT molecular complexity index is 973. The van der Waals surface area contributed by atoms with Crippen molar-refractivity contribution in [2.45, 2.75) is 0 Å². The molecule has 0 saturated heterocycles. The number of anilines is 3. The second-order valence-electron chi connectivity index (χ2n) is 5.58. The molecule has 28 heavy (non-hydrogen) atoms. The molecule has 142 valence electrons. The summed E-state index contributed by atoms with van der Waals surface area (Å²) in [7, 11) is 0. The van der Waals surface area contributed by atoms with Crippen molar-refractivity contribution in [1.29, 1.82) is 0 Å². The maximum atomic E-state index is 12.3. The number of rotatable bonds is 6. The van der Waals surface area contributed by atoms with Gasteiger partial charge in [-0.1, -0.05) is 0 Å². The van der Waals surface area contributed by atoms with Crippen LogP contribution in [0.4, 0.5) is 16.5 Å². The smallest absolute Gasteiger partial charge is 0.257 e. The van der Waals surface area contributed by atoms with Gasteiger partial charge in [0.1, 0.15) is 5.88 Å². The molecule has 0 aliphatic heterocycles. The lowest BCUT2D eigenvalue weighted by Gasteiger charge is -2.08. The summed E-state index contributed by atoms with van der Waals surface area (Å²) in [4.78, 5) is 39.7. The number of carbonyl (C=O) groups excluding carboxylic acids is 3. The van der Waals surface area contributed by atoms with Crippen LogP contribution in [0.3, 0.4) is 0 Å². The number of thiazole rings is 1. The molecule has 0 atom stereocenters. The van der Waals surface area contributed by atoms with Crippen LogP contribution < -0.4 is 16.0 Å². The van der Waals surface area contributed by atoms with Crippen LogP contribution in [-0.4, -0.2) is 28.6 Å². The molecule has 0 spiro atoms. The van der Waals surface area contributed by atoms with Crippen molar-refractivity contribution >= 4 is 57.2 Å². The molecular weight excluding hydrogens is 400 g/mol. The first-order valence-corrected chi connectivity index (χ1v) is 9.55. The van der Waals surface area contributed by atoms with E-state index in [0.29, 0.717) is 27.6 Å². The molecule has 1 heterocycles. The zero-order valence-electron chi connectivity index (χ0n) is 14.4. The highest BCUT2D eigenvalue weighted by atomic mass is 35.5. The fourth-order valence-electron chi connectivity index (χ4n) is 2.26. The van der Waals surface area contributed by atoms with Crippen LogP contribution in [0, 0.1) is 0 Å². The molecule has 9 heteroatoms. The monoisotopic (exact) mass is 414 g/mol. The number of benzene rings is 2. The van der Waals surface area contributed by atoms with Crippen LogP contribution >= 0.6 is 22.9 Å². The molecule has 0 fully saturated rings. The Morgan fingerprint density at radius 3 is 1.86 bits per heavy atom. The van der Waals surface area contributed by atoms with E-state index in [-0.39, 0.29) is 23.6 Å². The molecule has 2 aromatic carbocycles. The van der Waals surface area contributed by atoms with Gasteiger partial charge in [0.25, 0.3) is 11.8 Å². The van der Waals surface area contributed by atoms with E-state index in [9.17, 15) is 14.4 Å². The van der Waals surface area contributed by atoms with Gasteiger partial charge in [-0.15, -0.1) is 22.9 Å². The van der Waals surface area contributed by atoms with E-state index < -0.39 is 0 Å². The Hall–Kier alpha value is -3.23. The summed E-state index contributed by atoms with van der Waals surface area (Å²) in [6, 6.07) is 12.9. The number of halogens is 1. The second kappa shape index (κ2) is 9.12. The summed E-state index contributed by atoms with van der Waals surface area (Å²) < 4.78 is 0. The second-order valence-corrected chi connectivity index (χ2v) is 6.74. The molecule has 3 N–H and O–H groups in total. The van der Waals surface area contributed by atoms with E-state index in [0.717, 1.165) is 0 Å². The highest BCUT2D eigenvalue weighted by Gasteiger charge is 2.10. The topological polar surface area (TPSA) is 100 Å². The van der Waals surface area contributed by atoms with Crippen molar-refractivity contribution < 1.29 is 14.4 Å². The quantitative estimate of drug-likeness (QED) is 0.533. The summed E-state index contributed by atoms with van der Waals surface area (Å²) in [5.74, 6) is -1.05. The largest absolute Gasteiger partial charge is 0.325 e. The molecule has 0 bridgehead atoms. The van der Waals surface area contributed by atoms with Gasteiger partial charge in [0.2, 0.25) is 5.91 Å². The Labute approximate surface area is 169 Å². The molecular formula is C19H15ClN4O3S. The number of hydrogen-bond donors (Lipinski definition) is 3. The van der Waals surface area contributed by atoms with E-state index in [1.807, 2.05) is 0 Å². The Morgan fingerprint density at radius 2 is 1.36 bits per heavy atom. The van der Waals surface area contributed by atoms with Crippen LogP contribution in [0.25, 0.3) is 0 Å². The fourth-order valence-corrected chi connectivity index (χ4v) is 2.85. The normalized spacial score (nSPS) is 10.2. The molecule has 3 rings (SSSR count). The summed E-state index contributed by atoms with van der Waals surface area (Å²) in [6.45, 7) is 0. The van der Waals surface area contributed by atoms with E-state index in [1.54, 1.807) is 60.1 Å². The minimum atomic E-state index is -0.321. The molecule has 3 aromatic rings. The predicted molar refractivity (Wildman–Crippen MR) is 110 cm³/mol. The Morgan fingerprint density at radius 1 is 0.821 bits per heavy atom. The van der Waals surface area contributed by atoms with Gasteiger partial charge in [0.15, 0.2) is 5.13 Å². The van der Waals surface area contributed by atoms with E-state index in [1.165, 1.54) is 11.3 Å². The molecule has 1 aromatic heterocycles. The summed E-state index contributed by atoms with van der Waals surface area (Å²) in [5.41, 5.74) is 1.98. The van der Waals surface area contributed by atoms with Gasteiger partial charge < -0.3 is 10.6 Å². The molecule has 0 unspecified atom stereocenters. The lowest BCUT2D eigenvalue weighted by Crippen LogP contribution is -2.14. The van der Waals surface area contributed by atoms with Crippen LogP contribution in [-0.2, 0) is 4.79 Å². The van der Waals surface area contributed by atoms with E-state index >= 15 is 0 Å². The number of hydrogen-bond acceptors (Lipinski definition) is 5. The zero-order chi connectivity index (χ0) is 19.9. The minimum Gasteiger partial charge on any atom is -0.325 e. The zero-order valence-corrected chi connectivity index (χ0v) is 16.0. The third-order valence-electron chi connectivity index (χ3n) is 3.61. The highest BCUT2D eigenvalue weighted by Crippen LogP contribution is 2.16. The van der Waals surface area contributed by atoms with E-state index in [4.69, 9.17) is 11.6 Å². The molecule has 0 aliphatic rings. The van der Waals surface area contributed by atoms with Crippen LogP contribution in [0.2, 0.25) is 0 Å². The number of aromatic nitrogens is 1. The molecule has 0 radical (unpaired) electrons. The number of alkyl halides is 1. The lowest BCUT2D eigenvalue weighted by molar-refractivity contribution is -0.113. The number of amides is 3. The lowest BCUT2D eigenvalue weighted by atomic mass is 10.1. The summed E-state index contributed by atoms with van der Waals surface area (Å²) in [6.07, 6.45) is 1.61. The minimum absolute atomic E-state index is 0.139. The molecule has 7 nitrogen and oxygen atoms in total. The average molecular weight is 415 g/mol. The summed E-state index contributed by atoms with van der Waals surface area (Å²) in [5, 5.41) is 10.3. The SMILES string of the molecule is O=C(CCl)Nc1ccc(C(=O)Nc2ccc(C(=O)Nc3nccs3)cc2)cc1. The van der Waals surface area contributed by atoms with Gasteiger partial charge in [-0.25, -0.2) is 4.98 Å². The van der Waals surface area contributed by atoms with Crippen molar-refractivity contribution in [3.05, 3.63) is 71.2 Å². The molecule has 0 saturated carbocycles. The van der Waals surface area contributed by atoms with Gasteiger partial charge >= 0.3 is 0 Å². The van der Waals surface area contributed by atoms with Crippen molar-refractivity contribution in [2.24, 2.45) is 0 Å². The predicted octanol–water partition coefficient (Wildman–Crippen LogP) is 3.83. The van der Waals surface area contributed by atoms with Gasteiger partial charge in [-0.2, -0.15) is 0 Å². The van der Waals surface area contributed by atoms with Crippen molar-refractivity contribution in [3.8, 4) is 0 Å². The number of carbonyl (C=O) groups is 3. The highest BCUT2D eigenvalue weighted by molar-refractivity contribution is 7.13. The fraction of sp³-hybridized carbons (Fsp3) is 0.0526. The molecule has 3 amide bonds. The average Bonchev–Trinajstić information content (AvgIpc) is 3.22. The van der Waals surface area contributed by atoms with Gasteiger partial charge in [-0.05, 0) is 48.5 Å².